The molecule has 1 unspecified atom stereocenters. The second-order valence-electron chi connectivity index (χ2n) is 4.56. The van der Waals surface area contributed by atoms with Crippen molar-refractivity contribution in [2.45, 2.75) is 20.0 Å². The van der Waals surface area contributed by atoms with Crippen LogP contribution < -0.4 is 22.7 Å². The second kappa shape index (κ2) is 7.12. The Kier molecular flexibility index (Phi) is 5.80. The molecule has 1 aromatic carbocycles. The number of hydrogen-bond donors (Lipinski definition) is 2. The zero-order valence-corrected chi connectivity index (χ0v) is 11.9. The van der Waals surface area contributed by atoms with Crippen molar-refractivity contribution in [2.24, 2.45) is 0 Å². The van der Waals surface area contributed by atoms with E-state index in [-0.39, 0.29) is 12.4 Å². The number of hydrogen-bond acceptors (Lipinski definition) is 2. The number of aliphatic hydroxyl groups excluding tert-OH is 1. The Bertz CT molecular complexity index is 497. The number of pyridine rings is 1. The molecule has 2 aromatic rings. The summed E-state index contributed by atoms with van der Waals surface area (Å²) in [6.07, 6.45) is -0.500. The van der Waals surface area contributed by atoms with E-state index in [9.17, 15) is 5.11 Å². The molecular formula is C15H19ClN2O. The van der Waals surface area contributed by atoms with Gasteiger partial charge in [-0.25, -0.2) is 4.98 Å². The molecule has 1 aromatic heterocycles. The molecule has 0 saturated heterocycles. The molecule has 0 aliphatic rings. The van der Waals surface area contributed by atoms with E-state index < -0.39 is 6.10 Å². The minimum absolute atomic E-state index is 0. The highest BCUT2D eigenvalue weighted by molar-refractivity contribution is 5.33. The third-order valence-corrected chi connectivity index (χ3v) is 2.82. The van der Waals surface area contributed by atoms with Gasteiger partial charge in [0.1, 0.15) is 12.6 Å². The van der Waals surface area contributed by atoms with Gasteiger partial charge in [-0.1, -0.05) is 30.3 Å². The summed E-state index contributed by atoms with van der Waals surface area (Å²) in [5.74, 6) is 0.933. The average molecular weight is 279 g/mol. The van der Waals surface area contributed by atoms with Crippen LogP contribution in [0.25, 0.3) is 0 Å². The zero-order valence-electron chi connectivity index (χ0n) is 11.2. The van der Waals surface area contributed by atoms with E-state index in [1.54, 1.807) is 0 Å². The first-order chi connectivity index (χ1) is 8.65. The van der Waals surface area contributed by atoms with Gasteiger partial charge in [0, 0.05) is 6.07 Å². The number of rotatable bonds is 4. The van der Waals surface area contributed by atoms with Crippen LogP contribution in [0, 0.1) is 13.8 Å². The van der Waals surface area contributed by atoms with E-state index in [2.05, 4.69) is 23.3 Å². The number of aromatic nitrogens is 1. The molecular weight excluding hydrogens is 260 g/mol. The molecule has 19 heavy (non-hydrogen) atoms. The summed E-state index contributed by atoms with van der Waals surface area (Å²) in [5.41, 5.74) is 3.23. The summed E-state index contributed by atoms with van der Waals surface area (Å²) in [6.45, 7) is 4.56. The van der Waals surface area contributed by atoms with Crippen LogP contribution in [0.3, 0.4) is 0 Å². The van der Waals surface area contributed by atoms with Crippen molar-refractivity contribution in [3.63, 3.8) is 0 Å². The molecule has 0 spiro atoms. The van der Waals surface area contributed by atoms with Crippen molar-refractivity contribution in [1.82, 2.24) is 0 Å². The Morgan fingerprint density at radius 3 is 2.47 bits per heavy atom. The van der Waals surface area contributed by atoms with Gasteiger partial charge in [-0.3, -0.25) is 5.32 Å². The lowest BCUT2D eigenvalue weighted by molar-refractivity contribution is -0.371. The van der Waals surface area contributed by atoms with Crippen molar-refractivity contribution in [3.8, 4) is 0 Å². The minimum atomic E-state index is -0.500. The SMILES string of the molecule is Cc1cc(C)[nH+]c(NCC(O)c2ccccc2)c1.[Cl-]. The highest BCUT2D eigenvalue weighted by Crippen LogP contribution is 2.13. The Labute approximate surface area is 120 Å². The number of anilines is 1. The fourth-order valence-electron chi connectivity index (χ4n) is 1.99. The molecule has 0 fully saturated rings. The predicted molar refractivity (Wildman–Crippen MR) is 72.4 cm³/mol. The summed E-state index contributed by atoms with van der Waals surface area (Å²) >= 11 is 0. The largest absolute Gasteiger partial charge is 1.00 e. The van der Waals surface area contributed by atoms with Gasteiger partial charge in [0.05, 0.1) is 5.69 Å². The molecule has 0 bridgehead atoms. The van der Waals surface area contributed by atoms with Gasteiger partial charge in [-0.05, 0) is 31.0 Å². The first-order valence-electron chi connectivity index (χ1n) is 6.12. The minimum Gasteiger partial charge on any atom is -1.00 e. The van der Waals surface area contributed by atoms with Crippen LogP contribution in [0.2, 0.25) is 0 Å². The van der Waals surface area contributed by atoms with Crippen LogP contribution in [-0.4, -0.2) is 11.7 Å². The van der Waals surface area contributed by atoms with Crippen LogP contribution >= 0.6 is 0 Å². The maximum Gasteiger partial charge on any atom is 0.272 e. The molecule has 4 heteroatoms. The van der Waals surface area contributed by atoms with Gasteiger partial charge in [-0.2, -0.15) is 0 Å². The summed E-state index contributed by atoms with van der Waals surface area (Å²) in [5, 5.41) is 13.3. The maximum absolute atomic E-state index is 10.0. The van der Waals surface area contributed by atoms with E-state index in [0.717, 1.165) is 17.1 Å². The molecule has 0 radical (unpaired) electrons. The van der Waals surface area contributed by atoms with E-state index in [1.807, 2.05) is 43.3 Å². The van der Waals surface area contributed by atoms with Crippen molar-refractivity contribution >= 4 is 5.82 Å². The molecule has 102 valence electrons. The fourth-order valence-corrected chi connectivity index (χ4v) is 1.99. The van der Waals surface area contributed by atoms with Crippen molar-refractivity contribution < 1.29 is 22.5 Å². The van der Waals surface area contributed by atoms with Crippen LogP contribution in [0.4, 0.5) is 5.82 Å². The Morgan fingerprint density at radius 1 is 1.16 bits per heavy atom. The molecule has 0 aliphatic heterocycles. The lowest BCUT2D eigenvalue weighted by Crippen LogP contribution is -3.00. The molecule has 3 N–H and O–H groups in total. The Morgan fingerprint density at radius 2 is 1.84 bits per heavy atom. The Hall–Kier alpha value is -1.58. The van der Waals surface area contributed by atoms with Crippen LogP contribution in [0.5, 0.6) is 0 Å². The first kappa shape index (κ1) is 15.5. The monoisotopic (exact) mass is 278 g/mol. The lowest BCUT2D eigenvalue weighted by Gasteiger charge is -2.09. The normalized spacial score (nSPS) is 11.5. The van der Waals surface area contributed by atoms with Crippen molar-refractivity contribution in [3.05, 3.63) is 59.3 Å². The first-order valence-corrected chi connectivity index (χ1v) is 6.12. The molecule has 3 nitrogen and oxygen atoms in total. The molecule has 0 saturated carbocycles. The highest BCUT2D eigenvalue weighted by Gasteiger charge is 2.11. The lowest BCUT2D eigenvalue weighted by atomic mass is 10.1. The third kappa shape index (κ3) is 4.54. The molecule has 0 amide bonds. The third-order valence-electron chi connectivity index (χ3n) is 2.82. The smallest absolute Gasteiger partial charge is 0.272 e. The topological polar surface area (TPSA) is 46.4 Å². The predicted octanol–water partition coefficient (Wildman–Crippen LogP) is -0.733. The summed E-state index contributed by atoms with van der Waals surface area (Å²) in [7, 11) is 0. The van der Waals surface area contributed by atoms with E-state index in [0.29, 0.717) is 6.54 Å². The molecule has 0 aliphatic carbocycles. The van der Waals surface area contributed by atoms with E-state index in [1.165, 1.54) is 5.56 Å². The number of aryl methyl sites for hydroxylation is 2. The highest BCUT2D eigenvalue weighted by atomic mass is 35.5. The fraction of sp³-hybridized carbons (Fsp3) is 0.267. The number of benzene rings is 1. The second-order valence-corrected chi connectivity index (χ2v) is 4.56. The van der Waals surface area contributed by atoms with Gasteiger partial charge in [0.25, 0.3) is 5.82 Å². The van der Waals surface area contributed by atoms with Gasteiger partial charge in [0.2, 0.25) is 0 Å². The number of H-pyrrole nitrogens is 1. The maximum atomic E-state index is 10.0. The zero-order chi connectivity index (χ0) is 13.0. The molecule has 1 atom stereocenters. The van der Waals surface area contributed by atoms with Gasteiger partial charge in [0.15, 0.2) is 0 Å². The number of halogens is 1. The van der Waals surface area contributed by atoms with E-state index >= 15 is 0 Å². The van der Waals surface area contributed by atoms with Crippen molar-refractivity contribution in [2.75, 3.05) is 11.9 Å². The number of aliphatic hydroxyl groups is 1. The standard InChI is InChI=1S/C15H18N2O.ClH/c1-11-8-12(2)17-15(9-11)16-10-14(18)13-6-4-3-5-7-13;/h3-9,14,18H,10H2,1-2H3,(H,16,17);1H. The molecule has 2 rings (SSSR count). The quantitative estimate of drug-likeness (QED) is 0.775. The summed E-state index contributed by atoms with van der Waals surface area (Å²) in [4.78, 5) is 3.23. The van der Waals surface area contributed by atoms with Crippen LogP contribution in [0.1, 0.15) is 22.9 Å². The number of nitrogens with one attached hydrogen (secondary N) is 2. The average Bonchev–Trinajstić information content (AvgIpc) is 2.36. The van der Waals surface area contributed by atoms with E-state index in [4.69, 9.17) is 0 Å². The van der Waals surface area contributed by atoms with Crippen LogP contribution in [0.15, 0.2) is 42.5 Å². The van der Waals surface area contributed by atoms with Crippen molar-refractivity contribution in [1.29, 1.82) is 0 Å². The van der Waals surface area contributed by atoms with Crippen LogP contribution in [-0.2, 0) is 0 Å². The number of aromatic amines is 1. The molecule has 1 heterocycles. The van der Waals surface area contributed by atoms with Gasteiger partial charge >= 0.3 is 0 Å². The van der Waals surface area contributed by atoms with Gasteiger partial charge in [-0.15, -0.1) is 0 Å². The summed E-state index contributed by atoms with van der Waals surface area (Å²) < 4.78 is 0. The summed E-state index contributed by atoms with van der Waals surface area (Å²) in [6, 6.07) is 13.8. The Balaban J connectivity index is 0.00000180. The van der Waals surface area contributed by atoms with Gasteiger partial charge < -0.3 is 17.5 Å².